The van der Waals surface area contributed by atoms with Gasteiger partial charge in [0.1, 0.15) is 18.0 Å². The van der Waals surface area contributed by atoms with Gasteiger partial charge in [0.05, 0.1) is 20.2 Å². The monoisotopic (exact) mass is 473 g/mol. The molecule has 0 saturated carbocycles. The topological polar surface area (TPSA) is 85.4 Å². The standard InChI is InChI=1S/C25H39N5O4/c1-5-7-8-9-15-28-17-22-29(21(10-6-2)24(28)32)23(31)18-27(3)30(22)25(33)26-16-19-11-13-20(34-4)14-12-19/h11-14,21-22H,5-10,15-18H2,1-4H3,(H,26,33)/t21-,22-/m0/s1. The number of hydrogen-bond donors (Lipinski definition) is 1. The third-order valence-corrected chi connectivity index (χ3v) is 6.59. The molecule has 2 saturated heterocycles. The van der Waals surface area contributed by atoms with Crippen LogP contribution in [-0.2, 0) is 16.1 Å². The lowest BCUT2D eigenvalue weighted by atomic mass is 10.0. The van der Waals surface area contributed by atoms with E-state index >= 15 is 0 Å². The Bertz CT molecular complexity index is 846. The first-order valence-corrected chi connectivity index (χ1v) is 12.4. The Morgan fingerprint density at radius 2 is 1.82 bits per heavy atom. The number of carbonyl (C=O) groups is 3. The maximum absolute atomic E-state index is 13.3. The molecule has 1 aromatic carbocycles. The number of hydrogen-bond acceptors (Lipinski definition) is 5. The van der Waals surface area contributed by atoms with Gasteiger partial charge >= 0.3 is 6.03 Å². The molecule has 2 heterocycles. The van der Waals surface area contributed by atoms with E-state index in [9.17, 15) is 14.4 Å². The molecule has 3 rings (SSSR count). The molecule has 0 bridgehead atoms. The molecule has 4 amide bonds. The van der Waals surface area contributed by atoms with Gasteiger partial charge < -0.3 is 19.9 Å². The van der Waals surface area contributed by atoms with Crippen molar-refractivity contribution < 1.29 is 19.1 Å². The smallest absolute Gasteiger partial charge is 0.334 e. The van der Waals surface area contributed by atoms with E-state index in [1.165, 1.54) is 0 Å². The van der Waals surface area contributed by atoms with E-state index in [1.54, 1.807) is 29.1 Å². The molecule has 2 aliphatic heterocycles. The van der Waals surface area contributed by atoms with Crippen LogP contribution < -0.4 is 10.1 Å². The first kappa shape index (κ1) is 25.8. The molecule has 1 aromatic rings. The third kappa shape index (κ3) is 5.81. The number of benzene rings is 1. The molecule has 2 fully saturated rings. The highest BCUT2D eigenvalue weighted by molar-refractivity contribution is 5.91. The van der Waals surface area contributed by atoms with Crippen LogP contribution in [0.5, 0.6) is 5.75 Å². The number of hydrazine groups is 1. The lowest BCUT2D eigenvalue weighted by Crippen LogP contribution is -2.75. The van der Waals surface area contributed by atoms with Crippen molar-refractivity contribution in [3.8, 4) is 5.75 Å². The average Bonchev–Trinajstić information content (AvgIpc) is 2.83. The second-order valence-electron chi connectivity index (χ2n) is 9.10. The number of piperazine rings is 1. The minimum absolute atomic E-state index is 0.00564. The predicted octanol–water partition coefficient (Wildman–Crippen LogP) is 2.81. The highest BCUT2D eigenvalue weighted by Crippen LogP contribution is 2.28. The number of carbonyl (C=O) groups excluding carboxylic acids is 3. The van der Waals surface area contributed by atoms with Crippen LogP contribution >= 0.6 is 0 Å². The number of rotatable bonds is 10. The van der Waals surface area contributed by atoms with Crippen LogP contribution in [0.25, 0.3) is 0 Å². The fraction of sp³-hybridized carbons (Fsp3) is 0.640. The third-order valence-electron chi connectivity index (χ3n) is 6.59. The Morgan fingerprint density at radius 3 is 2.47 bits per heavy atom. The van der Waals surface area contributed by atoms with Crippen LogP contribution in [0.2, 0.25) is 0 Å². The van der Waals surface area contributed by atoms with E-state index in [1.807, 2.05) is 36.1 Å². The minimum atomic E-state index is -0.520. The molecule has 34 heavy (non-hydrogen) atoms. The number of ether oxygens (including phenoxy) is 1. The van der Waals surface area contributed by atoms with Crippen molar-refractivity contribution >= 4 is 17.8 Å². The first-order chi connectivity index (χ1) is 16.4. The zero-order chi connectivity index (χ0) is 24.7. The number of methoxy groups -OCH3 is 1. The van der Waals surface area contributed by atoms with Crippen molar-refractivity contribution in [2.45, 2.75) is 71.1 Å². The fourth-order valence-corrected chi connectivity index (χ4v) is 4.79. The highest BCUT2D eigenvalue weighted by atomic mass is 16.5. The molecule has 0 aliphatic carbocycles. The summed E-state index contributed by atoms with van der Waals surface area (Å²) in [5.41, 5.74) is 0.946. The number of unbranched alkanes of at least 4 members (excludes halogenated alkanes) is 3. The predicted molar refractivity (Wildman–Crippen MR) is 130 cm³/mol. The molecule has 0 spiro atoms. The highest BCUT2D eigenvalue weighted by Gasteiger charge is 2.50. The van der Waals surface area contributed by atoms with Gasteiger partial charge in [-0.2, -0.15) is 0 Å². The maximum Gasteiger partial charge on any atom is 0.334 e. The van der Waals surface area contributed by atoms with Gasteiger partial charge in [0.15, 0.2) is 0 Å². The van der Waals surface area contributed by atoms with Gasteiger partial charge in [-0.1, -0.05) is 51.7 Å². The van der Waals surface area contributed by atoms with E-state index < -0.39 is 12.2 Å². The van der Waals surface area contributed by atoms with Crippen molar-refractivity contribution in [2.24, 2.45) is 0 Å². The van der Waals surface area contributed by atoms with Gasteiger partial charge in [0.25, 0.3) is 0 Å². The molecular formula is C25H39N5O4. The largest absolute Gasteiger partial charge is 0.497 e. The van der Waals surface area contributed by atoms with E-state index in [0.29, 0.717) is 26.1 Å². The van der Waals surface area contributed by atoms with Crippen molar-refractivity contribution in [3.63, 3.8) is 0 Å². The first-order valence-electron chi connectivity index (χ1n) is 12.4. The Labute approximate surface area is 203 Å². The number of likely N-dealkylation sites (N-methyl/N-ethyl adjacent to an activating group) is 1. The molecule has 9 heteroatoms. The van der Waals surface area contributed by atoms with Gasteiger partial charge in [-0.05, 0) is 30.5 Å². The lowest BCUT2D eigenvalue weighted by Gasteiger charge is -2.54. The van der Waals surface area contributed by atoms with Crippen molar-refractivity contribution in [2.75, 3.05) is 33.8 Å². The van der Waals surface area contributed by atoms with Gasteiger partial charge in [-0.3, -0.25) is 9.59 Å². The second kappa shape index (κ2) is 12.1. The van der Waals surface area contributed by atoms with E-state index in [0.717, 1.165) is 43.4 Å². The van der Waals surface area contributed by atoms with Crippen LogP contribution in [-0.4, -0.2) is 83.7 Å². The Hall–Kier alpha value is -2.81. The van der Waals surface area contributed by atoms with Gasteiger partial charge in [0.2, 0.25) is 11.8 Å². The minimum Gasteiger partial charge on any atom is -0.497 e. The number of fused-ring (bicyclic) bond motifs is 1. The zero-order valence-electron chi connectivity index (χ0n) is 21.0. The molecule has 0 unspecified atom stereocenters. The molecule has 0 radical (unpaired) electrons. The molecule has 2 aliphatic rings. The summed E-state index contributed by atoms with van der Waals surface area (Å²) >= 11 is 0. The van der Waals surface area contributed by atoms with Gasteiger partial charge in [-0.15, -0.1) is 0 Å². The molecular weight excluding hydrogens is 434 g/mol. The summed E-state index contributed by atoms with van der Waals surface area (Å²) in [5, 5.41) is 6.26. The molecule has 1 N–H and O–H groups in total. The Morgan fingerprint density at radius 1 is 1.09 bits per heavy atom. The van der Waals surface area contributed by atoms with Crippen molar-refractivity contribution in [1.82, 2.24) is 25.1 Å². The normalized spacial score (nSPS) is 21.0. The summed E-state index contributed by atoms with van der Waals surface area (Å²) in [7, 11) is 3.36. The maximum atomic E-state index is 13.3. The van der Waals surface area contributed by atoms with Crippen LogP contribution in [0.4, 0.5) is 4.79 Å². The number of nitrogens with zero attached hydrogens (tertiary/aromatic N) is 4. The van der Waals surface area contributed by atoms with Crippen LogP contribution in [0.3, 0.4) is 0 Å². The van der Waals surface area contributed by atoms with Gasteiger partial charge in [-0.25, -0.2) is 14.8 Å². The fourth-order valence-electron chi connectivity index (χ4n) is 4.79. The lowest BCUT2D eigenvalue weighted by molar-refractivity contribution is -0.187. The number of nitrogens with one attached hydrogen (secondary N) is 1. The zero-order valence-corrected chi connectivity index (χ0v) is 21.0. The molecule has 9 nitrogen and oxygen atoms in total. The molecule has 0 aromatic heterocycles. The van der Waals surface area contributed by atoms with Crippen LogP contribution in [0, 0.1) is 0 Å². The summed E-state index contributed by atoms with van der Waals surface area (Å²) in [4.78, 5) is 43.2. The van der Waals surface area contributed by atoms with Crippen molar-refractivity contribution in [3.05, 3.63) is 29.8 Å². The average molecular weight is 474 g/mol. The molecule has 2 atom stereocenters. The number of urea groups is 1. The Balaban J connectivity index is 1.76. The summed E-state index contributed by atoms with van der Waals surface area (Å²) in [6.45, 7) is 5.58. The number of amides is 4. The summed E-state index contributed by atoms with van der Waals surface area (Å²) < 4.78 is 5.19. The second-order valence-corrected chi connectivity index (χ2v) is 9.10. The Kier molecular flexibility index (Phi) is 9.15. The quantitative estimate of drug-likeness (QED) is 0.528. The van der Waals surface area contributed by atoms with E-state index in [2.05, 4.69) is 12.2 Å². The summed E-state index contributed by atoms with van der Waals surface area (Å²) in [6.07, 6.45) is 5.13. The van der Waals surface area contributed by atoms with E-state index in [4.69, 9.17) is 4.74 Å². The summed E-state index contributed by atoms with van der Waals surface area (Å²) in [6, 6.07) is 6.72. The van der Waals surface area contributed by atoms with Crippen LogP contribution in [0.1, 0.15) is 57.9 Å². The van der Waals surface area contributed by atoms with E-state index in [-0.39, 0.29) is 24.4 Å². The molecule has 188 valence electrons. The van der Waals surface area contributed by atoms with Crippen LogP contribution in [0.15, 0.2) is 24.3 Å². The van der Waals surface area contributed by atoms with Crippen molar-refractivity contribution in [1.29, 1.82) is 0 Å². The summed E-state index contributed by atoms with van der Waals surface area (Å²) in [5.74, 6) is 0.656. The SMILES string of the molecule is CCCCCCN1C[C@H]2N(C(=O)CN(C)N2C(=O)NCc2ccc(OC)cc2)[C@@H](CCC)C1=O. The van der Waals surface area contributed by atoms with Gasteiger partial charge in [0, 0.05) is 20.1 Å².